The maximum Gasteiger partial charge on any atom is 0.324 e. The number of nitrogens with one attached hydrogen (secondary N) is 2. The van der Waals surface area contributed by atoms with Crippen LogP contribution >= 0.6 is 0 Å². The standard InChI is InChI=1S/C17H25N5O3/c1-3-18-16(19-9-10-22-15(23)13-20-17(22)24)21(2)11-12-25-14-7-5-4-6-8-14/h4-8H,3,9-13H2,1-2H3,(H,18,19)(H,20,24). The number of aliphatic imine (C=N–C) groups is 1. The van der Waals surface area contributed by atoms with E-state index in [0.29, 0.717) is 25.7 Å². The molecule has 1 aliphatic heterocycles. The van der Waals surface area contributed by atoms with Crippen LogP contribution in [0.5, 0.6) is 5.75 Å². The van der Waals surface area contributed by atoms with Crippen LogP contribution in [0, 0.1) is 0 Å². The molecule has 1 saturated heterocycles. The summed E-state index contributed by atoms with van der Waals surface area (Å²) in [5, 5.41) is 5.69. The Hall–Kier alpha value is -2.77. The molecule has 0 aliphatic carbocycles. The van der Waals surface area contributed by atoms with Crippen LogP contribution in [0.2, 0.25) is 0 Å². The van der Waals surface area contributed by atoms with E-state index in [1.54, 1.807) is 0 Å². The van der Waals surface area contributed by atoms with Gasteiger partial charge in [-0.15, -0.1) is 0 Å². The average molecular weight is 347 g/mol. The highest BCUT2D eigenvalue weighted by Crippen LogP contribution is 2.07. The SMILES string of the molecule is CCNC(=NCCN1C(=O)CNC1=O)N(C)CCOc1ccccc1. The summed E-state index contributed by atoms with van der Waals surface area (Å²) >= 11 is 0. The van der Waals surface area contributed by atoms with Crippen molar-refractivity contribution in [2.24, 2.45) is 4.99 Å². The first-order valence-electron chi connectivity index (χ1n) is 8.37. The summed E-state index contributed by atoms with van der Waals surface area (Å²) in [6.45, 7) is 4.59. The highest BCUT2D eigenvalue weighted by atomic mass is 16.5. The van der Waals surface area contributed by atoms with E-state index >= 15 is 0 Å². The van der Waals surface area contributed by atoms with E-state index < -0.39 is 0 Å². The van der Waals surface area contributed by atoms with Gasteiger partial charge in [-0.25, -0.2) is 4.79 Å². The van der Waals surface area contributed by atoms with Crippen LogP contribution in [-0.4, -0.2) is 74.1 Å². The van der Waals surface area contributed by atoms with Crippen LogP contribution in [-0.2, 0) is 4.79 Å². The van der Waals surface area contributed by atoms with E-state index in [1.807, 2.05) is 49.2 Å². The van der Waals surface area contributed by atoms with Crippen molar-refractivity contribution in [3.05, 3.63) is 30.3 Å². The zero-order valence-electron chi connectivity index (χ0n) is 14.7. The van der Waals surface area contributed by atoms with Gasteiger partial charge in [-0.2, -0.15) is 0 Å². The normalized spacial score (nSPS) is 14.5. The number of nitrogens with zero attached hydrogens (tertiary/aromatic N) is 3. The lowest BCUT2D eigenvalue weighted by Gasteiger charge is -2.22. The maximum absolute atomic E-state index is 11.5. The molecule has 1 aliphatic rings. The Bertz CT molecular complexity index is 590. The number of carbonyl (C=O) groups excluding carboxylic acids is 2. The van der Waals surface area contributed by atoms with Crippen LogP contribution in [0.3, 0.4) is 0 Å². The predicted molar refractivity (Wildman–Crippen MR) is 95.7 cm³/mol. The van der Waals surface area contributed by atoms with E-state index in [2.05, 4.69) is 15.6 Å². The molecule has 25 heavy (non-hydrogen) atoms. The molecule has 3 amide bonds. The molecule has 0 spiro atoms. The smallest absolute Gasteiger partial charge is 0.324 e. The van der Waals surface area contributed by atoms with Gasteiger partial charge in [0.15, 0.2) is 5.96 Å². The molecule has 136 valence electrons. The average Bonchev–Trinajstić information content (AvgIpc) is 2.93. The van der Waals surface area contributed by atoms with Crippen molar-refractivity contribution in [3.63, 3.8) is 0 Å². The maximum atomic E-state index is 11.5. The summed E-state index contributed by atoms with van der Waals surface area (Å²) in [5.74, 6) is 1.33. The third-order valence-electron chi connectivity index (χ3n) is 3.66. The molecule has 8 heteroatoms. The van der Waals surface area contributed by atoms with Gasteiger partial charge in [0.05, 0.1) is 26.2 Å². The molecule has 8 nitrogen and oxygen atoms in total. The minimum atomic E-state index is -0.352. The van der Waals surface area contributed by atoms with Crippen LogP contribution < -0.4 is 15.4 Å². The zero-order chi connectivity index (χ0) is 18.1. The van der Waals surface area contributed by atoms with Crippen LogP contribution in [0.15, 0.2) is 35.3 Å². The molecule has 1 aromatic carbocycles. The summed E-state index contributed by atoms with van der Waals surface area (Å²) in [6.07, 6.45) is 0. The molecule has 0 aromatic heterocycles. The van der Waals surface area contributed by atoms with E-state index in [1.165, 1.54) is 4.90 Å². The number of guanidine groups is 1. The Morgan fingerprint density at radius 2 is 2.12 bits per heavy atom. The second-order valence-corrected chi connectivity index (χ2v) is 5.52. The molecule has 0 saturated carbocycles. The van der Waals surface area contributed by atoms with Crippen molar-refractivity contribution >= 4 is 17.9 Å². The lowest BCUT2D eigenvalue weighted by Crippen LogP contribution is -2.41. The number of hydrogen-bond acceptors (Lipinski definition) is 4. The molecule has 1 fully saturated rings. The number of carbonyl (C=O) groups is 2. The molecule has 0 unspecified atom stereocenters. The molecule has 1 heterocycles. The second kappa shape index (κ2) is 9.51. The quantitative estimate of drug-likeness (QED) is 0.407. The number of benzene rings is 1. The number of imide groups is 1. The highest BCUT2D eigenvalue weighted by molar-refractivity contribution is 6.01. The summed E-state index contributed by atoms with van der Waals surface area (Å²) < 4.78 is 5.69. The largest absolute Gasteiger partial charge is 0.492 e. The Morgan fingerprint density at radius 1 is 1.36 bits per heavy atom. The fraction of sp³-hybridized carbons (Fsp3) is 0.471. The van der Waals surface area contributed by atoms with Gasteiger partial charge in [0.1, 0.15) is 12.4 Å². The van der Waals surface area contributed by atoms with Gasteiger partial charge in [-0.05, 0) is 19.1 Å². The first kappa shape index (κ1) is 18.6. The minimum Gasteiger partial charge on any atom is -0.492 e. The van der Waals surface area contributed by atoms with Gasteiger partial charge in [-0.1, -0.05) is 18.2 Å². The Kier molecular flexibility index (Phi) is 7.06. The van der Waals surface area contributed by atoms with Crippen molar-refractivity contribution < 1.29 is 14.3 Å². The van der Waals surface area contributed by atoms with Gasteiger partial charge in [-0.3, -0.25) is 14.7 Å². The molecule has 0 radical (unpaired) electrons. The molecule has 1 aromatic rings. The first-order valence-corrected chi connectivity index (χ1v) is 8.37. The minimum absolute atomic E-state index is 0.0688. The molecule has 0 bridgehead atoms. The van der Waals surface area contributed by atoms with E-state index in [0.717, 1.165) is 12.3 Å². The van der Waals surface area contributed by atoms with Crippen LogP contribution in [0.4, 0.5) is 4.79 Å². The molecular weight excluding hydrogens is 322 g/mol. The van der Waals surface area contributed by atoms with Crippen molar-refractivity contribution in [2.75, 3.05) is 46.4 Å². The van der Waals surface area contributed by atoms with Gasteiger partial charge in [0.2, 0.25) is 5.91 Å². The van der Waals surface area contributed by atoms with Crippen molar-refractivity contribution in [1.82, 2.24) is 20.4 Å². The van der Waals surface area contributed by atoms with Gasteiger partial charge in [0.25, 0.3) is 0 Å². The third kappa shape index (κ3) is 5.66. The predicted octanol–water partition coefficient (Wildman–Crippen LogP) is 0.515. The fourth-order valence-corrected chi connectivity index (χ4v) is 2.33. The fourth-order valence-electron chi connectivity index (χ4n) is 2.33. The summed E-state index contributed by atoms with van der Waals surface area (Å²) in [4.78, 5) is 30.7. The van der Waals surface area contributed by atoms with E-state index in [-0.39, 0.29) is 25.0 Å². The number of urea groups is 1. The zero-order valence-corrected chi connectivity index (χ0v) is 14.7. The first-order chi connectivity index (χ1) is 12.1. The summed E-state index contributed by atoms with van der Waals surface area (Å²) in [5.41, 5.74) is 0. The van der Waals surface area contributed by atoms with Crippen molar-refractivity contribution in [3.8, 4) is 5.75 Å². The number of para-hydroxylation sites is 1. The third-order valence-corrected chi connectivity index (χ3v) is 3.66. The summed E-state index contributed by atoms with van der Waals surface area (Å²) in [7, 11) is 1.92. The van der Waals surface area contributed by atoms with Gasteiger partial charge < -0.3 is 20.3 Å². The Balaban J connectivity index is 1.81. The van der Waals surface area contributed by atoms with E-state index in [9.17, 15) is 9.59 Å². The van der Waals surface area contributed by atoms with Crippen LogP contribution in [0.1, 0.15) is 6.92 Å². The monoisotopic (exact) mass is 347 g/mol. The lowest BCUT2D eigenvalue weighted by molar-refractivity contribution is -0.124. The summed E-state index contributed by atoms with van der Waals surface area (Å²) in [6, 6.07) is 9.28. The second-order valence-electron chi connectivity index (χ2n) is 5.52. The van der Waals surface area contributed by atoms with Crippen molar-refractivity contribution in [1.29, 1.82) is 0 Å². The number of ether oxygens (including phenoxy) is 1. The number of likely N-dealkylation sites (N-methyl/N-ethyl adjacent to an activating group) is 1. The molecule has 2 rings (SSSR count). The number of hydrogen-bond donors (Lipinski definition) is 2. The van der Waals surface area contributed by atoms with Crippen LogP contribution in [0.25, 0.3) is 0 Å². The topological polar surface area (TPSA) is 86.3 Å². The van der Waals surface area contributed by atoms with E-state index in [4.69, 9.17) is 4.74 Å². The molecule has 0 atom stereocenters. The number of rotatable bonds is 8. The van der Waals surface area contributed by atoms with Gasteiger partial charge >= 0.3 is 6.03 Å². The van der Waals surface area contributed by atoms with Gasteiger partial charge in [0, 0.05) is 13.6 Å². The lowest BCUT2D eigenvalue weighted by atomic mass is 10.3. The molecule has 2 N–H and O–H groups in total. The Morgan fingerprint density at radius 3 is 2.76 bits per heavy atom. The Labute approximate surface area is 147 Å². The molecular formula is C17H25N5O3. The van der Waals surface area contributed by atoms with Crippen molar-refractivity contribution in [2.45, 2.75) is 6.92 Å². The highest BCUT2D eigenvalue weighted by Gasteiger charge is 2.27. The number of amides is 3.